The predicted octanol–water partition coefficient (Wildman–Crippen LogP) is 5.73. The molecule has 0 spiro atoms. The lowest BCUT2D eigenvalue weighted by Gasteiger charge is -2.16. The predicted molar refractivity (Wildman–Crippen MR) is 123 cm³/mol. The number of nitro groups is 1. The molecule has 0 atom stereocenters. The second-order valence-electron chi connectivity index (χ2n) is 6.36. The third-order valence-corrected chi connectivity index (χ3v) is 7.63. The van der Waals surface area contributed by atoms with Crippen LogP contribution in [0.15, 0.2) is 46.4 Å². The van der Waals surface area contributed by atoms with Crippen molar-refractivity contribution in [2.75, 3.05) is 5.43 Å². The Morgan fingerprint density at radius 3 is 2.81 bits per heavy atom. The van der Waals surface area contributed by atoms with Gasteiger partial charge in [-0.3, -0.25) is 15.5 Å². The first kappa shape index (κ1) is 21.6. The lowest BCUT2D eigenvalue weighted by Crippen LogP contribution is -2.18. The van der Waals surface area contributed by atoms with Crippen LogP contribution in [0.4, 0.5) is 10.8 Å². The van der Waals surface area contributed by atoms with Gasteiger partial charge in [-0.25, -0.2) is 9.78 Å². The molecule has 0 amide bonds. The Morgan fingerprint density at radius 2 is 2.06 bits per heavy atom. The highest BCUT2D eigenvalue weighted by Crippen LogP contribution is 2.49. The zero-order chi connectivity index (χ0) is 22.1. The highest BCUT2D eigenvalue weighted by Gasteiger charge is 2.25. The molecule has 8 nitrogen and oxygen atoms in total. The van der Waals surface area contributed by atoms with Crippen LogP contribution in [-0.4, -0.2) is 26.7 Å². The number of carboxylic acids is 1. The number of aliphatic carboxylic acids is 1. The summed E-state index contributed by atoms with van der Waals surface area (Å²) in [6, 6.07) is 9.51. The first-order valence-corrected chi connectivity index (χ1v) is 11.3. The normalized spacial score (nSPS) is 12.8. The van der Waals surface area contributed by atoms with Crippen LogP contribution in [0.3, 0.4) is 0 Å². The summed E-state index contributed by atoms with van der Waals surface area (Å²) in [5.74, 6) is -0.637. The van der Waals surface area contributed by atoms with Crippen molar-refractivity contribution < 1.29 is 14.8 Å². The van der Waals surface area contributed by atoms with E-state index in [-0.39, 0.29) is 23.4 Å². The SMILES string of the molecule is O=C(O)/C(Cc1ccccc1[N+](=O)[O-])=N/Nc1nc2c(s1)CSc1c-2ccc(Cl)c1Cl. The summed E-state index contributed by atoms with van der Waals surface area (Å²) in [5, 5.41) is 26.0. The maximum Gasteiger partial charge on any atom is 0.352 e. The van der Waals surface area contributed by atoms with Crippen LogP contribution in [0, 0.1) is 10.1 Å². The van der Waals surface area contributed by atoms with Crippen molar-refractivity contribution in [1.82, 2.24) is 4.98 Å². The monoisotopic (exact) mass is 494 g/mol. The van der Waals surface area contributed by atoms with Crippen molar-refractivity contribution >= 4 is 68.8 Å². The minimum absolute atomic E-state index is 0.162. The Labute approximate surface area is 194 Å². The molecule has 2 heterocycles. The molecular weight excluding hydrogens is 483 g/mol. The van der Waals surface area contributed by atoms with Gasteiger partial charge in [-0.1, -0.05) is 58.8 Å². The van der Waals surface area contributed by atoms with Gasteiger partial charge in [-0.05, 0) is 6.07 Å². The third-order valence-electron chi connectivity index (χ3n) is 4.43. The fourth-order valence-corrected chi connectivity index (χ4v) is 5.64. The summed E-state index contributed by atoms with van der Waals surface area (Å²) >= 11 is 15.3. The zero-order valence-electron chi connectivity index (χ0n) is 15.5. The van der Waals surface area contributed by atoms with Crippen molar-refractivity contribution in [3.63, 3.8) is 0 Å². The Hall–Kier alpha value is -2.66. The summed E-state index contributed by atoms with van der Waals surface area (Å²) < 4.78 is 0. The summed E-state index contributed by atoms with van der Waals surface area (Å²) in [5.41, 5.74) is 4.10. The molecule has 3 aromatic rings. The number of nitro benzene ring substituents is 1. The molecule has 0 radical (unpaired) electrons. The number of hydrazone groups is 1. The maximum atomic E-state index is 11.6. The van der Waals surface area contributed by atoms with Gasteiger partial charge in [0.1, 0.15) is 5.71 Å². The Kier molecular flexibility index (Phi) is 6.15. The third kappa shape index (κ3) is 4.38. The highest BCUT2D eigenvalue weighted by molar-refractivity contribution is 7.99. The molecule has 158 valence electrons. The van der Waals surface area contributed by atoms with Crippen LogP contribution >= 0.6 is 46.3 Å². The molecule has 0 bridgehead atoms. The highest BCUT2D eigenvalue weighted by atomic mass is 35.5. The fourth-order valence-electron chi connectivity index (χ4n) is 3.00. The summed E-state index contributed by atoms with van der Waals surface area (Å²) in [6.07, 6.45) is -0.211. The van der Waals surface area contributed by atoms with E-state index < -0.39 is 10.9 Å². The number of rotatable bonds is 6. The maximum absolute atomic E-state index is 11.6. The quantitative estimate of drug-likeness (QED) is 0.255. The molecule has 4 rings (SSSR count). The van der Waals surface area contributed by atoms with E-state index in [0.29, 0.717) is 20.9 Å². The molecule has 0 unspecified atom stereocenters. The second-order valence-corrected chi connectivity index (χ2v) is 9.21. The standard InChI is InChI=1S/C19H12Cl2N4O4S2/c20-11-6-5-10-16-14(8-30-17(10)15(11)21)31-19(22-16)24-23-12(18(26)27)7-9-3-1-2-4-13(9)25(28)29/h1-6H,7-8H2,(H,22,24)(H,26,27)/b23-12+. The van der Waals surface area contributed by atoms with E-state index in [1.807, 2.05) is 6.07 Å². The molecule has 1 aliphatic heterocycles. The molecule has 0 saturated heterocycles. The number of carboxylic acid groups (broad SMARTS) is 1. The smallest absolute Gasteiger partial charge is 0.352 e. The van der Waals surface area contributed by atoms with Crippen LogP contribution in [0.25, 0.3) is 11.3 Å². The molecule has 1 aromatic heterocycles. The minimum atomic E-state index is -1.28. The van der Waals surface area contributed by atoms with E-state index in [1.165, 1.54) is 29.5 Å². The van der Waals surface area contributed by atoms with Gasteiger partial charge in [0.2, 0.25) is 5.13 Å². The number of fused-ring (bicyclic) bond motifs is 3. The van der Waals surface area contributed by atoms with E-state index in [4.69, 9.17) is 23.2 Å². The van der Waals surface area contributed by atoms with E-state index in [1.54, 1.807) is 23.9 Å². The molecule has 0 saturated carbocycles. The Morgan fingerprint density at radius 1 is 1.29 bits per heavy atom. The van der Waals surface area contributed by atoms with Gasteiger partial charge in [0.25, 0.3) is 5.69 Å². The topological polar surface area (TPSA) is 118 Å². The fraction of sp³-hybridized carbons (Fsp3) is 0.105. The van der Waals surface area contributed by atoms with Crippen LogP contribution in [0.1, 0.15) is 10.4 Å². The lowest BCUT2D eigenvalue weighted by molar-refractivity contribution is -0.385. The van der Waals surface area contributed by atoms with E-state index in [2.05, 4.69) is 15.5 Å². The van der Waals surface area contributed by atoms with E-state index >= 15 is 0 Å². The van der Waals surface area contributed by atoms with Gasteiger partial charge >= 0.3 is 5.97 Å². The zero-order valence-corrected chi connectivity index (χ0v) is 18.6. The first-order valence-electron chi connectivity index (χ1n) is 8.74. The van der Waals surface area contributed by atoms with Gasteiger partial charge < -0.3 is 5.11 Å². The number of hydrogen-bond acceptors (Lipinski definition) is 8. The van der Waals surface area contributed by atoms with Crippen LogP contribution in [0.5, 0.6) is 0 Å². The summed E-state index contributed by atoms with van der Waals surface area (Å²) in [7, 11) is 0. The van der Waals surface area contributed by atoms with Crippen molar-refractivity contribution in [2.24, 2.45) is 5.10 Å². The molecule has 2 aromatic carbocycles. The molecular formula is C19H12Cl2N4O4S2. The van der Waals surface area contributed by atoms with Gasteiger partial charge in [-0.2, -0.15) is 5.10 Å². The molecule has 2 N–H and O–H groups in total. The first-order chi connectivity index (χ1) is 14.8. The molecule has 0 fully saturated rings. The number of thiazole rings is 1. The van der Waals surface area contributed by atoms with Crippen LogP contribution in [-0.2, 0) is 17.0 Å². The van der Waals surface area contributed by atoms with Crippen molar-refractivity contribution in [3.05, 3.63) is 67.0 Å². The molecule has 12 heteroatoms. The number of carbonyl (C=O) groups is 1. The summed E-state index contributed by atoms with van der Waals surface area (Å²) in [6.45, 7) is 0. The second kappa shape index (κ2) is 8.83. The van der Waals surface area contributed by atoms with Crippen LogP contribution < -0.4 is 5.43 Å². The number of aromatic nitrogens is 1. The Bertz CT molecular complexity index is 1250. The van der Waals surface area contributed by atoms with Crippen molar-refractivity contribution in [1.29, 1.82) is 0 Å². The van der Waals surface area contributed by atoms with Gasteiger partial charge in [-0.15, -0.1) is 11.8 Å². The number of para-hydroxylation sites is 1. The number of nitrogens with one attached hydrogen (secondary N) is 1. The summed E-state index contributed by atoms with van der Waals surface area (Å²) in [4.78, 5) is 28.7. The van der Waals surface area contributed by atoms with Crippen molar-refractivity contribution in [2.45, 2.75) is 17.1 Å². The minimum Gasteiger partial charge on any atom is -0.477 e. The average Bonchev–Trinajstić information content (AvgIpc) is 3.17. The largest absolute Gasteiger partial charge is 0.477 e. The number of anilines is 1. The Balaban J connectivity index is 1.61. The van der Waals surface area contributed by atoms with Crippen molar-refractivity contribution in [3.8, 4) is 11.3 Å². The van der Waals surface area contributed by atoms with Crippen LogP contribution in [0.2, 0.25) is 10.0 Å². The number of thioether (sulfide) groups is 1. The van der Waals surface area contributed by atoms with Gasteiger partial charge in [0.05, 0.1) is 20.7 Å². The van der Waals surface area contributed by atoms with Gasteiger partial charge in [0.15, 0.2) is 0 Å². The van der Waals surface area contributed by atoms with Gasteiger partial charge in [0, 0.05) is 39.1 Å². The number of halogens is 2. The molecule has 1 aliphatic rings. The number of hydrogen-bond donors (Lipinski definition) is 2. The average molecular weight is 495 g/mol. The van der Waals surface area contributed by atoms with E-state index in [0.717, 1.165) is 21.0 Å². The van der Waals surface area contributed by atoms with E-state index in [9.17, 15) is 20.0 Å². The number of nitrogens with zero attached hydrogens (tertiary/aromatic N) is 3. The molecule has 31 heavy (non-hydrogen) atoms. The molecule has 0 aliphatic carbocycles. The lowest BCUT2D eigenvalue weighted by atomic mass is 10.1. The number of benzene rings is 2.